The molecule has 4 aromatic heterocycles. The number of benzene rings is 1. The van der Waals surface area contributed by atoms with Crippen LogP contribution in [-0.2, 0) is 19.4 Å². The molecular weight excluding hydrogens is 456 g/mol. The zero-order valence-corrected chi connectivity index (χ0v) is 19.5. The zero-order valence-electron chi connectivity index (χ0n) is 17.8. The highest BCUT2D eigenvalue weighted by Crippen LogP contribution is 2.38. The van der Waals surface area contributed by atoms with Crippen molar-refractivity contribution in [3.8, 4) is 0 Å². The highest BCUT2D eigenvalue weighted by atomic mass is 32.2. The summed E-state index contributed by atoms with van der Waals surface area (Å²) in [6.45, 7) is 2.26. The third-order valence-electron chi connectivity index (χ3n) is 5.98. The van der Waals surface area contributed by atoms with Gasteiger partial charge in [-0.05, 0) is 56.0 Å². The maximum atomic E-state index is 13.6. The predicted octanol–water partition coefficient (Wildman–Crippen LogP) is 4.68. The molecule has 4 heterocycles. The molecule has 1 aromatic carbocycles. The van der Waals surface area contributed by atoms with Gasteiger partial charge in [0, 0.05) is 4.88 Å². The first-order chi connectivity index (χ1) is 16.1. The molecule has 0 fully saturated rings. The molecule has 7 nitrogen and oxygen atoms in total. The molecule has 0 aliphatic heterocycles. The monoisotopic (exact) mass is 476 g/mol. The Bertz CT molecular complexity index is 1620. The second-order valence-electron chi connectivity index (χ2n) is 8.13. The third-order valence-corrected chi connectivity index (χ3v) is 8.27. The first kappa shape index (κ1) is 20.4. The van der Waals surface area contributed by atoms with Crippen LogP contribution < -0.4 is 11.1 Å². The number of hydrogen-bond donors (Lipinski definition) is 1. The quantitative estimate of drug-likeness (QED) is 0.292. The number of fused-ring (bicyclic) bond motifs is 4. The summed E-state index contributed by atoms with van der Waals surface area (Å²) in [5.74, 6) is 1.24. The molecule has 0 saturated carbocycles. The Morgan fingerprint density at radius 3 is 2.91 bits per heavy atom. The van der Waals surface area contributed by atoms with Crippen molar-refractivity contribution in [2.45, 2.75) is 43.1 Å². The lowest BCUT2D eigenvalue weighted by Gasteiger charge is -2.15. The van der Waals surface area contributed by atoms with Crippen molar-refractivity contribution in [2.24, 2.45) is 0 Å². The van der Waals surface area contributed by atoms with Gasteiger partial charge in [0.05, 0.1) is 34.3 Å². The van der Waals surface area contributed by atoms with Crippen molar-refractivity contribution in [1.82, 2.24) is 19.5 Å². The van der Waals surface area contributed by atoms with Crippen LogP contribution in [0.2, 0.25) is 0 Å². The molecule has 1 atom stereocenters. The lowest BCUT2D eigenvalue weighted by atomic mass is 10.2. The minimum Gasteiger partial charge on any atom is -0.467 e. The number of para-hydroxylation sites is 1. The summed E-state index contributed by atoms with van der Waals surface area (Å²) in [5.41, 5.74) is 1.60. The fraction of sp³-hybridized carbons (Fsp3) is 0.250. The van der Waals surface area contributed by atoms with Gasteiger partial charge in [-0.25, -0.2) is 9.97 Å². The number of nitrogens with zero attached hydrogens (tertiary/aromatic N) is 3. The van der Waals surface area contributed by atoms with Crippen molar-refractivity contribution < 1.29 is 4.42 Å². The van der Waals surface area contributed by atoms with E-state index >= 15 is 0 Å². The number of rotatable bonds is 5. The molecule has 0 amide bonds. The molecule has 5 aromatic rings. The van der Waals surface area contributed by atoms with Gasteiger partial charge in [0.25, 0.3) is 11.1 Å². The minimum atomic E-state index is -0.221. The van der Waals surface area contributed by atoms with Crippen LogP contribution in [0.4, 0.5) is 0 Å². The molecule has 9 heteroatoms. The van der Waals surface area contributed by atoms with Crippen molar-refractivity contribution in [2.75, 3.05) is 0 Å². The molecule has 33 heavy (non-hydrogen) atoms. The Kier molecular flexibility index (Phi) is 4.95. The van der Waals surface area contributed by atoms with Crippen LogP contribution >= 0.6 is 23.1 Å². The number of H-pyrrole nitrogens is 1. The summed E-state index contributed by atoms with van der Waals surface area (Å²) >= 11 is 3.04. The number of thiophene rings is 1. The SMILES string of the molecule is C[C@@H](Sc1nc2sc3c(c2c(=O)n1Cc1ccco1)CCC3)c1nc2ccccc2c(=O)[nH]1. The Hall–Kier alpha value is -3.17. The molecule has 1 N–H and O–H groups in total. The summed E-state index contributed by atoms with van der Waals surface area (Å²) in [6.07, 6.45) is 4.63. The van der Waals surface area contributed by atoms with E-state index in [1.54, 1.807) is 28.2 Å². The summed E-state index contributed by atoms with van der Waals surface area (Å²) in [6, 6.07) is 10.9. The molecule has 0 radical (unpaired) electrons. The van der Waals surface area contributed by atoms with E-state index in [-0.39, 0.29) is 16.4 Å². The minimum absolute atomic E-state index is 0.0366. The summed E-state index contributed by atoms with van der Waals surface area (Å²) in [5, 5.41) is 1.67. The van der Waals surface area contributed by atoms with Crippen LogP contribution in [0.1, 0.15) is 40.6 Å². The van der Waals surface area contributed by atoms with Crippen molar-refractivity contribution in [3.05, 3.63) is 85.4 Å². The largest absolute Gasteiger partial charge is 0.467 e. The molecular formula is C24H20N4O3S2. The van der Waals surface area contributed by atoms with Gasteiger partial charge in [-0.3, -0.25) is 14.2 Å². The van der Waals surface area contributed by atoms with Crippen LogP contribution in [0, 0.1) is 0 Å². The highest BCUT2D eigenvalue weighted by Gasteiger charge is 2.25. The standard InChI is InChI=1S/C24H20N4O3S2/c1-13(20-25-17-9-3-2-7-15(17)21(29)26-20)32-24-27-22-19(16-8-4-10-18(16)33-22)23(30)28(24)12-14-6-5-11-31-14/h2-3,5-7,9,11,13H,4,8,10,12H2,1H3,(H,25,26,29)/t13-/m1/s1. The van der Waals surface area contributed by atoms with Crippen LogP contribution in [0.25, 0.3) is 21.1 Å². The highest BCUT2D eigenvalue weighted by molar-refractivity contribution is 7.99. The van der Waals surface area contributed by atoms with Crippen LogP contribution in [0.3, 0.4) is 0 Å². The van der Waals surface area contributed by atoms with Gasteiger partial charge in [-0.2, -0.15) is 0 Å². The van der Waals surface area contributed by atoms with E-state index in [0.717, 1.165) is 35.0 Å². The number of furan rings is 1. The van der Waals surface area contributed by atoms with E-state index in [0.29, 0.717) is 34.2 Å². The molecule has 166 valence electrons. The average Bonchev–Trinajstić information content (AvgIpc) is 3.54. The first-order valence-electron chi connectivity index (χ1n) is 10.8. The van der Waals surface area contributed by atoms with Crippen molar-refractivity contribution >= 4 is 44.2 Å². The topological polar surface area (TPSA) is 93.8 Å². The van der Waals surface area contributed by atoms with Gasteiger partial charge >= 0.3 is 0 Å². The Morgan fingerprint density at radius 2 is 2.06 bits per heavy atom. The first-order valence-corrected chi connectivity index (χ1v) is 12.5. The molecule has 6 rings (SSSR count). The molecule has 0 bridgehead atoms. The van der Waals surface area contributed by atoms with E-state index < -0.39 is 0 Å². The van der Waals surface area contributed by atoms with Crippen LogP contribution in [0.15, 0.2) is 61.8 Å². The number of thioether (sulfide) groups is 1. The van der Waals surface area contributed by atoms with Crippen LogP contribution in [0.5, 0.6) is 0 Å². The summed E-state index contributed by atoms with van der Waals surface area (Å²) < 4.78 is 7.22. The molecule has 1 aliphatic carbocycles. The van der Waals surface area contributed by atoms with Gasteiger partial charge < -0.3 is 9.40 Å². The predicted molar refractivity (Wildman–Crippen MR) is 130 cm³/mol. The normalized spacial score (nSPS) is 14.2. The Balaban J connectivity index is 1.46. The van der Waals surface area contributed by atoms with Gasteiger partial charge in [0.2, 0.25) is 0 Å². The van der Waals surface area contributed by atoms with E-state index in [1.165, 1.54) is 16.6 Å². The van der Waals surface area contributed by atoms with Crippen LogP contribution in [-0.4, -0.2) is 19.5 Å². The maximum absolute atomic E-state index is 13.6. The van der Waals surface area contributed by atoms with E-state index in [2.05, 4.69) is 9.97 Å². The van der Waals surface area contributed by atoms with Gasteiger partial charge in [0.15, 0.2) is 5.16 Å². The average molecular weight is 477 g/mol. The van der Waals surface area contributed by atoms with Crippen molar-refractivity contribution in [1.29, 1.82) is 0 Å². The molecule has 1 aliphatic rings. The maximum Gasteiger partial charge on any atom is 0.263 e. The number of aromatic nitrogens is 4. The fourth-order valence-electron chi connectivity index (χ4n) is 4.36. The third kappa shape index (κ3) is 3.52. The van der Waals surface area contributed by atoms with E-state index in [4.69, 9.17) is 9.40 Å². The summed E-state index contributed by atoms with van der Waals surface area (Å²) in [7, 11) is 0. The Labute approximate surface area is 196 Å². The van der Waals surface area contributed by atoms with E-state index in [9.17, 15) is 9.59 Å². The van der Waals surface area contributed by atoms with E-state index in [1.807, 2.05) is 37.3 Å². The van der Waals surface area contributed by atoms with Gasteiger partial charge in [0.1, 0.15) is 16.4 Å². The van der Waals surface area contributed by atoms with Gasteiger partial charge in [-0.1, -0.05) is 23.9 Å². The molecule has 0 spiro atoms. The smallest absolute Gasteiger partial charge is 0.263 e. The fourth-order valence-corrected chi connectivity index (χ4v) is 6.62. The molecule has 0 unspecified atom stereocenters. The second-order valence-corrected chi connectivity index (χ2v) is 10.5. The number of aromatic amines is 1. The van der Waals surface area contributed by atoms with Crippen molar-refractivity contribution in [3.63, 3.8) is 0 Å². The number of nitrogens with one attached hydrogen (secondary N) is 1. The second kappa shape index (κ2) is 8.00. The Morgan fingerprint density at radius 1 is 1.18 bits per heavy atom. The molecule has 0 saturated heterocycles. The lowest BCUT2D eigenvalue weighted by Crippen LogP contribution is -2.24. The zero-order chi connectivity index (χ0) is 22.5. The number of aryl methyl sites for hydroxylation is 2. The van der Waals surface area contributed by atoms with Gasteiger partial charge in [-0.15, -0.1) is 11.3 Å². The summed E-state index contributed by atoms with van der Waals surface area (Å²) in [4.78, 5) is 40.7. The lowest BCUT2D eigenvalue weighted by molar-refractivity contribution is 0.476. The number of hydrogen-bond acceptors (Lipinski definition) is 7.